The molecular formula is C8H17IO. The van der Waals surface area contributed by atoms with Gasteiger partial charge in [-0.3, -0.25) is 0 Å². The van der Waals surface area contributed by atoms with Crippen LogP contribution < -0.4 is 0 Å². The van der Waals surface area contributed by atoms with Crippen LogP contribution in [-0.2, 0) is 4.74 Å². The highest BCUT2D eigenvalue weighted by Gasteiger charge is 2.23. The molecule has 0 aromatic heterocycles. The molecule has 0 aliphatic rings. The zero-order valence-corrected chi connectivity index (χ0v) is 9.65. The van der Waals surface area contributed by atoms with E-state index in [1.54, 1.807) is 0 Å². The van der Waals surface area contributed by atoms with Crippen molar-refractivity contribution in [2.24, 2.45) is 0 Å². The summed E-state index contributed by atoms with van der Waals surface area (Å²) in [6, 6.07) is 0. The quantitative estimate of drug-likeness (QED) is 0.545. The van der Waals surface area contributed by atoms with E-state index >= 15 is 0 Å². The van der Waals surface area contributed by atoms with Crippen LogP contribution in [0, 0.1) is 0 Å². The van der Waals surface area contributed by atoms with Gasteiger partial charge in [0.1, 0.15) is 0 Å². The summed E-state index contributed by atoms with van der Waals surface area (Å²) in [5, 5.41) is 0. The average molecular weight is 256 g/mol. The molecule has 10 heavy (non-hydrogen) atoms. The third-order valence-corrected chi connectivity index (χ3v) is 2.74. The standard InChI is InChI=1S/C8H17IO/c1-7(2,3)10-8(4,5)6-9/h6H2,1-5H3. The van der Waals surface area contributed by atoms with E-state index in [-0.39, 0.29) is 11.2 Å². The number of ether oxygens (including phenoxy) is 1. The predicted octanol–water partition coefficient (Wildman–Crippen LogP) is 3.02. The lowest BCUT2D eigenvalue weighted by Crippen LogP contribution is -2.35. The molecule has 0 aliphatic heterocycles. The van der Waals surface area contributed by atoms with Gasteiger partial charge < -0.3 is 4.74 Å². The van der Waals surface area contributed by atoms with E-state index in [2.05, 4.69) is 57.2 Å². The van der Waals surface area contributed by atoms with Crippen LogP contribution in [0.25, 0.3) is 0 Å². The van der Waals surface area contributed by atoms with E-state index in [0.29, 0.717) is 0 Å². The normalized spacial score (nSPS) is 13.8. The van der Waals surface area contributed by atoms with Gasteiger partial charge in [0.25, 0.3) is 0 Å². The first-order chi connectivity index (χ1) is 4.27. The van der Waals surface area contributed by atoms with Crippen molar-refractivity contribution in [3.8, 4) is 0 Å². The minimum absolute atomic E-state index is 0.0127. The summed E-state index contributed by atoms with van der Waals surface area (Å²) in [6.45, 7) is 10.5. The zero-order chi connectivity index (χ0) is 8.41. The Morgan fingerprint density at radius 2 is 1.50 bits per heavy atom. The highest BCUT2D eigenvalue weighted by atomic mass is 127. The van der Waals surface area contributed by atoms with Gasteiger partial charge in [0, 0.05) is 4.43 Å². The maximum atomic E-state index is 5.77. The minimum atomic E-state index is -0.0192. The van der Waals surface area contributed by atoms with Crippen molar-refractivity contribution < 1.29 is 4.74 Å². The van der Waals surface area contributed by atoms with Crippen LogP contribution in [0.4, 0.5) is 0 Å². The fourth-order valence-corrected chi connectivity index (χ4v) is 1.01. The monoisotopic (exact) mass is 256 g/mol. The summed E-state index contributed by atoms with van der Waals surface area (Å²) in [5.74, 6) is 0. The Morgan fingerprint density at radius 3 is 1.60 bits per heavy atom. The maximum absolute atomic E-state index is 5.77. The summed E-state index contributed by atoms with van der Waals surface area (Å²) in [7, 11) is 0. The van der Waals surface area contributed by atoms with Gasteiger partial charge in [-0.1, -0.05) is 22.6 Å². The Kier molecular flexibility index (Phi) is 3.62. The molecule has 0 spiro atoms. The molecule has 0 aliphatic carbocycles. The molecule has 0 aromatic carbocycles. The highest BCUT2D eigenvalue weighted by molar-refractivity contribution is 14.1. The molecule has 0 atom stereocenters. The van der Waals surface area contributed by atoms with Gasteiger partial charge >= 0.3 is 0 Å². The first-order valence-corrected chi connectivity index (χ1v) is 5.05. The number of alkyl halides is 1. The molecule has 0 radical (unpaired) electrons. The van der Waals surface area contributed by atoms with E-state index in [9.17, 15) is 0 Å². The third kappa shape index (κ3) is 5.47. The molecule has 62 valence electrons. The van der Waals surface area contributed by atoms with Crippen molar-refractivity contribution in [2.75, 3.05) is 4.43 Å². The summed E-state index contributed by atoms with van der Waals surface area (Å²) in [4.78, 5) is 0. The minimum Gasteiger partial charge on any atom is -0.369 e. The van der Waals surface area contributed by atoms with Gasteiger partial charge in [0.15, 0.2) is 0 Å². The van der Waals surface area contributed by atoms with Gasteiger partial charge in [-0.25, -0.2) is 0 Å². The van der Waals surface area contributed by atoms with Crippen LogP contribution >= 0.6 is 22.6 Å². The topological polar surface area (TPSA) is 9.23 Å². The smallest absolute Gasteiger partial charge is 0.0722 e. The van der Waals surface area contributed by atoms with Crippen molar-refractivity contribution in [2.45, 2.75) is 45.8 Å². The molecule has 0 saturated heterocycles. The molecule has 0 saturated carbocycles. The van der Waals surface area contributed by atoms with E-state index in [1.807, 2.05) is 0 Å². The number of halogens is 1. The number of rotatable bonds is 2. The molecule has 0 rings (SSSR count). The lowest BCUT2D eigenvalue weighted by molar-refractivity contribution is -0.0973. The lowest BCUT2D eigenvalue weighted by Gasteiger charge is -2.32. The van der Waals surface area contributed by atoms with Crippen molar-refractivity contribution in [3.63, 3.8) is 0 Å². The maximum Gasteiger partial charge on any atom is 0.0722 e. The summed E-state index contributed by atoms with van der Waals surface area (Å²) >= 11 is 2.35. The second kappa shape index (κ2) is 3.39. The molecule has 0 amide bonds. The van der Waals surface area contributed by atoms with E-state index in [4.69, 9.17) is 4.74 Å². The Balaban J connectivity index is 3.89. The Bertz CT molecular complexity index is 102. The molecule has 0 bridgehead atoms. The van der Waals surface area contributed by atoms with Gasteiger partial charge in [0.2, 0.25) is 0 Å². The molecule has 0 heterocycles. The van der Waals surface area contributed by atoms with Crippen LogP contribution in [-0.4, -0.2) is 15.6 Å². The van der Waals surface area contributed by atoms with Crippen LogP contribution in [0.15, 0.2) is 0 Å². The number of hydrogen-bond donors (Lipinski definition) is 0. The van der Waals surface area contributed by atoms with Crippen LogP contribution in [0.2, 0.25) is 0 Å². The van der Waals surface area contributed by atoms with E-state index in [0.717, 1.165) is 4.43 Å². The summed E-state index contributed by atoms with van der Waals surface area (Å²) in [6.07, 6.45) is 0. The molecule has 2 heteroatoms. The van der Waals surface area contributed by atoms with E-state index in [1.165, 1.54) is 0 Å². The lowest BCUT2D eigenvalue weighted by atomic mass is 10.1. The second-order valence-corrected chi connectivity index (χ2v) is 4.87. The van der Waals surface area contributed by atoms with Crippen LogP contribution in [0.1, 0.15) is 34.6 Å². The van der Waals surface area contributed by atoms with Gasteiger partial charge in [-0.05, 0) is 34.6 Å². The number of hydrogen-bond acceptors (Lipinski definition) is 1. The van der Waals surface area contributed by atoms with Crippen molar-refractivity contribution >= 4 is 22.6 Å². The van der Waals surface area contributed by atoms with Gasteiger partial charge in [-0.2, -0.15) is 0 Å². The Labute approximate surface area is 77.7 Å². The SMILES string of the molecule is CC(C)(C)OC(C)(C)CI. The van der Waals surface area contributed by atoms with Gasteiger partial charge in [0.05, 0.1) is 11.2 Å². The molecular weight excluding hydrogens is 239 g/mol. The molecule has 0 N–H and O–H groups in total. The largest absolute Gasteiger partial charge is 0.369 e. The van der Waals surface area contributed by atoms with Crippen molar-refractivity contribution in [1.29, 1.82) is 0 Å². The van der Waals surface area contributed by atoms with Crippen LogP contribution in [0.3, 0.4) is 0 Å². The molecule has 0 fully saturated rings. The Hall–Kier alpha value is 0.690. The first kappa shape index (κ1) is 10.7. The average Bonchev–Trinajstić information content (AvgIpc) is 1.60. The summed E-state index contributed by atoms with van der Waals surface area (Å²) in [5.41, 5.74) is -0.00647. The molecule has 0 aromatic rings. The highest BCUT2D eigenvalue weighted by Crippen LogP contribution is 2.21. The summed E-state index contributed by atoms with van der Waals surface area (Å²) < 4.78 is 6.80. The fraction of sp³-hybridized carbons (Fsp3) is 1.00. The van der Waals surface area contributed by atoms with Gasteiger partial charge in [-0.15, -0.1) is 0 Å². The third-order valence-electron chi connectivity index (χ3n) is 0.904. The van der Waals surface area contributed by atoms with Crippen molar-refractivity contribution in [3.05, 3.63) is 0 Å². The Morgan fingerprint density at radius 1 is 1.10 bits per heavy atom. The second-order valence-electron chi connectivity index (χ2n) is 4.11. The predicted molar refractivity (Wildman–Crippen MR) is 53.8 cm³/mol. The molecule has 0 unspecified atom stereocenters. The van der Waals surface area contributed by atoms with Crippen molar-refractivity contribution in [1.82, 2.24) is 0 Å². The van der Waals surface area contributed by atoms with Crippen LogP contribution in [0.5, 0.6) is 0 Å². The van der Waals surface area contributed by atoms with E-state index < -0.39 is 0 Å². The molecule has 1 nitrogen and oxygen atoms in total. The first-order valence-electron chi connectivity index (χ1n) is 3.53. The zero-order valence-electron chi connectivity index (χ0n) is 7.49. The fourth-order valence-electron chi connectivity index (χ4n) is 0.856.